The van der Waals surface area contributed by atoms with E-state index in [9.17, 15) is 14.7 Å². The first-order valence-electron chi connectivity index (χ1n) is 6.13. The Morgan fingerprint density at radius 3 is 2.95 bits per heavy atom. The van der Waals surface area contributed by atoms with E-state index in [2.05, 4.69) is 4.98 Å². The van der Waals surface area contributed by atoms with Crippen molar-refractivity contribution in [3.8, 4) is 5.88 Å². The van der Waals surface area contributed by atoms with Gasteiger partial charge in [-0.15, -0.1) is 0 Å². The van der Waals surface area contributed by atoms with Crippen molar-refractivity contribution in [1.82, 2.24) is 9.55 Å². The molecule has 20 heavy (non-hydrogen) atoms. The molecule has 1 aromatic heterocycles. The summed E-state index contributed by atoms with van der Waals surface area (Å²) in [5.74, 6) is -0.317. The molecule has 0 aromatic carbocycles. The van der Waals surface area contributed by atoms with Gasteiger partial charge in [0.05, 0.1) is 13.7 Å². The number of hydrogen-bond acceptors (Lipinski definition) is 7. The van der Waals surface area contributed by atoms with Crippen LogP contribution in [-0.4, -0.2) is 46.6 Å². The minimum Gasteiger partial charge on any atom is -0.481 e. The molecule has 2 heterocycles. The Bertz CT molecular complexity index is 543. The zero-order chi connectivity index (χ0) is 14.7. The van der Waals surface area contributed by atoms with Crippen LogP contribution in [0.2, 0.25) is 0 Å². The largest absolute Gasteiger partial charge is 0.481 e. The molecule has 8 heteroatoms. The van der Waals surface area contributed by atoms with Crippen LogP contribution in [0.25, 0.3) is 0 Å². The number of aromatic nitrogens is 2. The first-order chi connectivity index (χ1) is 9.52. The molecule has 0 amide bonds. The smallest absolute Gasteiger partial charge is 0.353 e. The second-order valence-electron chi connectivity index (χ2n) is 4.35. The quantitative estimate of drug-likeness (QED) is 0.744. The Kier molecular flexibility index (Phi) is 4.35. The highest BCUT2D eigenvalue weighted by molar-refractivity contribution is 5.66. The van der Waals surface area contributed by atoms with Crippen LogP contribution in [0.15, 0.2) is 17.1 Å². The summed E-state index contributed by atoms with van der Waals surface area (Å²) >= 11 is 0. The third-order valence-corrected chi connectivity index (χ3v) is 2.97. The van der Waals surface area contributed by atoms with Crippen LogP contribution in [-0.2, 0) is 14.3 Å². The average Bonchev–Trinajstić information content (AvgIpc) is 2.41. The van der Waals surface area contributed by atoms with Gasteiger partial charge in [-0.25, -0.2) is 4.79 Å². The Morgan fingerprint density at radius 1 is 1.60 bits per heavy atom. The maximum atomic E-state index is 11.8. The van der Waals surface area contributed by atoms with E-state index in [-0.39, 0.29) is 12.5 Å². The Morgan fingerprint density at radius 2 is 2.35 bits per heavy atom. The Hall–Kier alpha value is -1.93. The van der Waals surface area contributed by atoms with Gasteiger partial charge in [0, 0.05) is 25.6 Å². The van der Waals surface area contributed by atoms with Crippen LogP contribution in [0, 0.1) is 0 Å². The fraction of sp³-hybridized carbons (Fsp3) is 0.583. The highest BCUT2D eigenvalue weighted by Gasteiger charge is 2.36. The van der Waals surface area contributed by atoms with E-state index < -0.39 is 30.1 Å². The molecule has 1 aliphatic heterocycles. The number of ether oxygens (including phenoxy) is 3. The van der Waals surface area contributed by atoms with E-state index >= 15 is 0 Å². The third-order valence-electron chi connectivity index (χ3n) is 2.97. The predicted molar refractivity (Wildman–Crippen MR) is 66.2 cm³/mol. The number of aliphatic hydroxyl groups excluding tert-OH is 1. The van der Waals surface area contributed by atoms with E-state index in [1.54, 1.807) is 0 Å². The summed E-state index contributed by atoms with van der Waals surface area (Å²) in [5.41, 5.74) is -0.614. The van der Waals surface area contributed by atoms with Gasteiger partial charge in [-0.05, 0) is 0 Å². The second kappa shape index (κ2) is 6.02. The number of carbonyl (C=O) groups is 1. The van der Waals surface area contributed by atoms with E-state index in [0.717, 1.165) is 4.57 Å². The summed E-state index contributed by atoms with van der Waals surface area (Å²) in [6, 6.07) is 1.48. The van der Waals surface area contributed by atoms with Gasteiger partial charge < -0.3 is 19.3 Å². The summed E-state index contributed by atoms with van der Waals surface area (Å²) in [6.07, 6.45) is -1.01. The van der Waals surface area contributed by atoms with Crippen LogP contribution in [0.1, 0.15) is 19.6 Å². The molecule has 1 saturated heterocycles. The fourth-order valence-electron chi connectivity index (χ4n) is 2.05. The summed E-state index contributed by atoms with van der Waals surface area (Å²) in [4.78, 5) is 26.5. The van der Waals surface area contributed by atoms with Gasteiger partial charge in [0.15, 0.2) is 6.23 Å². The molecule has 1 aliphatic rings. The Balaban J connectivity index is 2.23. The van der Waals surface area contributed by atoms with Crippen LogP contribution < -0.4 is 10.4 Å². The standard InChI is InChI=1S/C12H16N2O6/c1-7(15)20-8-4-6-19-11(10(8)16)14-5-3-9(18-2)13-12(14)17/h3,5,8,10-11,16H,4,6H2,1-2H3/t8-,10-,11-/m1/s1. The van der Waals surface area contributed by atoms with Gasteiger partial charge in [-0.3, -0.25) is 9.36 Å². The molecule has 110 valence electrons. The molecular weight excluding hydrogens is 268 g/mol. The first-order valence-corrected chi connectivity index (χ1v) is 6.13. The minimum absolute atomic E-state index is 0.174. The molecule has 3 atom stereocenters. The van der Waals surface area contributed by atoms with E-state index in [1.807, 2.05) is 0 Å². The molecule has 0 bridgehead atoms. The molecule has 0 spiro atoms. The molecule has 0 radical (unpaired) electrons. The average molecular weight is 284 g/mol. The van der Waals surface area contributed by atoms with Gasteiger partial charge in [0.25, 0.3) is 0 Å². The lowest BCUT2D eigenvalue weighted by Gasteiger charge is -2.34. The van der Waals surface area contributed by atoms with E-state index in [4.69, 9.17) is 14.2 Å². The first kappa shape index (κ1) is 14.5. The van der Waals surface area contributed by atoms with Gasteiger partial charge in [-0.2, -0.15) is 4.98 Å². The zero-order valence-electron chi connectivity index (χ0n) is 11.2. The maximum Gasteiger partial charge on any atom is 0.353 e. The normalized spacial score (nSPS) is 26.1. The maximum absolute atomic E-state index is 11.8. The second-order valence-corrected chi connectivity index (χ2v) is 4.35. The molecule has 1 N–H and O–H groups in total. The SMILES string of the molecule is COc1ccn([C@@H]2OCC[C@@H](OC(C)=O)[C@H]2O)c(=O)n1. The summed E-state index contributed by atoms with van der Waals surface area (Å²) in [7, 11) is 1.40. The van der Waals surface area contributed by atoms with Gasteiger partial charge >= 0.3 is 11.7 Å². The minimum atomic E-state index is -1.14. The lowest BCUT2D eigenvalue weighted by atomic mass is 10.1. The highest BCUT2D eigenvalue weighted by atomic mass is 16.6. The fourth-order valence-corrected chi connectivity index (χ4v) is 2.05. The van der Waals surface area contributed by atoms with Crippen LogP contribution in [0.4, 0.5) is 0 Å². The molecule has 0 unspecified atom stereocenters. The Labute approximate surface area is 114 Å². The lowest BCUT2D eigenvalue weighted by molar-refractivity contribution is -0.190. The van der Waals surface area contributed by atoms with Crippen molar-refractivity contribution in [1.29, 1.82) is 0 Å². The number of nitrogens with zero attached hydrogens (tertiary/aromatic N) is 2. The van der Waals surface area contributed by atoms with Crippen molar-refractivity contribution in [2.75, 3.05) is 13.7 Å². The number of rotatable bonds is 3. The van der Waals surface area contributed by atoms with Gasteiger partial charge in [0.2, 0.25) is 5.88 Å². The third kappa shape index (κ3) is 2.97. The topological polar surface area (TPSA) is 99.9 Å². The molecular formula is C12H16N2O6. The molecule has 0 aliphatic carbocycles. The highest BCUT2D eigenvalue weighted by Crippen LogP contribution is 2.24. The summed E-state index contributed by atoms with van der Waals surface area (Å²) in [5, 5.41) is 10.2. The number of carbonyl (C=O) groups excluding carboxylic acids is 1. The summed E-state index contributed by atoms with van der Waals surface area (Å²) in [6.45, 7) is 1.52. The zero-order valence-corrected chi connectivity index (χ0v) is 11.2. The van der Waals surface area contributed by atoms with Crippen LogP contribution in [0.5, 0.6) is 5.88 Å². The number of aliphatic hydroxyl groups is 1. The molecule has 2 rings (SSSR count). The lowest BCUT2D eigenvalue weighted by Crippen LogP contribution is -2.46. The van der Waals surface area contributed by atoms with Crippen molar-refractivity contribution in [2.45, 2.75) is 31.8 Å². The predicted octanol–water partition coefficient (Wildman–Crippen LogP) is -0.537. The van der Waals surface area contributed by atoms with Crippen LogP contribution >= 0.6 is 0 Å². The van der Waals surface area contributed by atoms with E-state index in [0.29, 0.717) is 6.42 Å². The number of esters is 1. The van der Waals surface area contributed by atoms with Crippen molar-refractivity contribution in [2.24, 2.45) is 0 Å². The van der Waals surface area contributed by atoms with Crippen molar-refractivity contribution in [3.63, 3.8) is 0 Å². The van der Waals surface area contributed by atoms with Crippen molar-refractivity contribution >= 4 is 5.97 Å². The van der Waals surface area contributed by atoms with Gasteiger partial charge in [0.1, 0.15) is 12.2 Å². The molecule has 0 saturated carbocycles. The summed E-state index contributed by atoms with van der Waals surface area (Å²) < 4.78 is 16.4. The van der Waals surface area contributed by atoms with E-state index in [1.165, 1.54) is 26.3 Å². The van der Waals surface area contributed by atoms with Gasteiger partial charge in [-0.1, -0.05) is 0 Å². The number of methoxy groups -OCH3 is 1. The molecule has 1 fully saturated rings. The molecule has 1 aromatic rings. The van der Waals surface area contributed by atoms with Crippen molar-refractivity contribution in [3.05, 3.63) is 22.7 Å². The number of hydrogen-bond donors (Lipinski definition) is 1. The van der Waals surface area contributed by atoms with Crippen LogP contribution in [0.3, 0.4) is 0 Å². The monoisotopic (exact) mass is 284 g/mol. The molecule has 8 nitrogen and oxygen atoms in total. The van der Waals surface area contributed by atoms with Crippen molar-refractivity contribution < 1.29 is 24.1 Å².